The number of hydrogen-bond acceptors (Lipinski definition) is 3. The summed E-state index contributed by atoms with van der Waals surface area (Å²) < 4.78 is 7.08. The summed E-state index contributed by atoms with van der Waals surface area (Å²) in [4.78, 5) is 11.7. The molecule has 0 fully saturated rings. The second-order valence-electron chi connectivity index (χ2n) is 4.34. The Labute approximate surface area is 112 Å². The fourth-order valence-corrected chi connectivity index (χ4v) is 1.70. The molecule has 1 amide bonds. The molecular formula is C14H17N3O2. The lowest BCUT2D eigenvalue weighted by Gasteiger charge is -2.12. The number of nitrogens with zero attached hydrogens (tertiary/aromatic N) is 2. The summed E-state index contributed by atoms with van der Waals surface area (Å²) in [5.41, 5.74) is 0.968. The molecule has 5 nitrogen and oxygen atoms in total. The number of hydrogen-bond donors (Lipinski definition) is 1. The topological polar surface area (TPSA) is 56.1 Å². The predicted octanol–water partition coefficient (Wildman–Crippen LogP) is 1.68. The zero-order chi connectivity index (χ0) is 13.7. The Bertz CT molecular complexity index is 537. The van der Waals surface area contributed by atoms with Crippen LogP contribution in [0.3, 0.4) is 0 Å². The molecular weight excluding hydrogens is 242 g/mol. The molecule has 2 rings (SSSR count). The first kappa shape index (κ1) is 13.1. The number of nitrogens with one attached hydrogen (secondary N) is 1. The number of para-hydroxylation sites is 1. The van der Waals surface area contributed by atoms with E-state index >= 15 is 0 Å². The second-order valence-corrected chi connectivity index (χ2v) is 4.34. The van der Waals surface area contributed by atoms with Crippen LogP contribution in [0.2, 0.25) is 0 Å². The first-order valence-electron chi connectivity index (χ1n) is 6.11. The molecule has 1 atom stereocenters. The fourth-order valence-electron chi connectivity index (χ4n) is 1.70. The van der Waals surface area contributed by atoms with Gasteiger partial charge in [0.05, 0.1) is 12.2 Å². The molecule has 1 aromatic carbocycles. The van der Waals surface area contributed by atoms with Crippen LogP contribution in [0.25, 0.3) is 0 Å². The minimum atomic E-state index is -0.153. The van der Waals surface area contributed by atoms with Crippen molar-refractivity contribution in [3.63, 3.8) is 0 Å². The van der Waals surface area contributed by atoms with E-state index in [-0.39, 0.29) is 18.6 Å². The van der Waals surface area contributed by atoms with E-state index in [4.69, 9.17) is 4.74 Å². The smallest absolute Gasteiger partial charge is 0.258 e. The monoisotopic (exact) mass is 259 g/mol. The summed E-state index contributed by atoms with van der Waals surface area (Å²) in [5.74, 6) is 0.534. The van der Waals surface area contributed by atoms with Crippen molar-refractivity contribution in [2.75, 3.05) is 6.61 Å². The lowest BCUT2D eigenvalue weighted by atomic mass is 10.2. The van der Waals surface area contributed by atoms with Crippen LogP contribution in [0.5, 0.6) is 5.75 Å². The minimum absolute atomic E-state index is 0.00855. The highest BCUT2D eigenvalue weighted by atomic mass is 16.5. The predicted molar refractivity (Wildman–Crippen MR) is 71.7 cm³/mol. The Morgan fingerprint density at radius 2 is 2.16 bits per heavy atom. The van der Waals surface area contributed by atoms with Gasteiger partial charge in [-0.3, -0.25) is 9.48 Å². The highest BCUT2D eigenvalue weighted by Gasteiger charge is 2.11. The molecule has 0 aliphatic heterocycles. The third-order valence-electron chi connectivity index (χ3n) is 2.72. The largest absolute Gasteiger partial charge is 0.484 e. The molecule has 2 aromatic rings. The maximum absolute atomic E-state index is 11.7. The maximum atomic E-state index is 11.7. The third-order valence-corrected chi connectivity index (χ3v) is 2.72. The van der Waals surface area contributed by atoms with Crippen molar-refractivity contribution in [2.24, 2.45) is 7.05 Å². The Balaban J connectivity index is 1.81. The molecule has 1 unspecified atom stereocenters. The standard InChI is InChI=1S/C14H17N3O2/c1-11(12-8-15-17(2)9-12)16-14(18)10-19-13-6-4-3-5-7-13/h3-9,11H,10H2,1-2H3,(H,16,18). The van der Waals surface area contributed by atoms with Crippen molar-refractivity contribution >= 4 is 5.91 Å². The molecule has 1 aromatic heterocycles. The van der Waals surface area contributed by atoms with Gasteiger partial charge >= 0.3 is 0 Å². The zero-order valence-electron chi connectivity index (χ0n) is 11.0. The van der Waals surface area contributed by atoms with Crippen molar-refractivity contribution in [2.45, 2.75) is 13.0 Å². The second kappa shape index (κ2) is 6.04. The average Bonchev–Trinajstić information content (AvgIpc) is 2.84. The number of rotatable bonds is 5. The van der Waals surface area contributed by atoms with Crippen molar-refractivity contribution in [1.29, 1.82) is 0 Å². The quantitative estimate of drug-likeness (QED) is 0.888. The van der Waals surface area contributed by atoms with Gasteiger partial charge in [-0.25, -0.2) is 0 Å². The van der Waals surface area contributed by atoms with Gasteiger partial charge in [-0.1, -0.05) is 18.2 Å². The van der Waals surface area contributed by atoms with Gasteiger partial charge in [-0.15, -0.1) is 0 Å². The molecule has 1 N–H and O–H groups in total. The number of carbonyl (C=O) groups is 1. The molecule has 0 aliphatic rings. The van der Waals surface area contributed by atoms with Gasteiger partial charge in [0.25, 0.3) is 5.91 Å². The Kier molecular flexibility index (Phi) is 4.18. The number of amides is 1. The average molecular weight is 259 g/mol. The van der Waals surface area contributed by atoms with Crippen molar-refractivity contribution in [1.82, 2.24) is 15.1 Å². The molecule has 5 heteroatoms. The molecule has 0 saturated heterocycles. The fraction of sp³-hybridized carbons (Fsp3) is 0.286. The van der Waals surface area contributed by atoms with Gasteiger partial charge in [-0.05, 0) is 19.1 Å². The van der Waals surface area contributed by atoms with Gasteiger partial charge in [0, 0.05) is 18.8 Å². The lowest BCUT2D eigenvalue weighted by Crippen LogP contribution is -2.31. The zero-order valence-corrected chi connectivity index (χ0v) is 11.0. The van der Waals surface area contributed by atoms with E-state index in [0.717, 1.165) is 5.56 Å². The van der Waals surface area contributed by atoms with Crippen LogP contribution >= 0.6 is 0 Å². The third kappa shape index (κ3) is 3.84. The van der Waals surface area contributed by atoms with Crippen LogP contribution < -0.4 is 10.1 Å². The van der Waals surface area contributed by atoms with Crippen molar-refractivity contribution in [3.05, 3.63) is 48.3 Å². The molecule has 0 saturated carbocycles. The van der Waals surface area contributed by atoms with Gasteiger partial charge in [0.2, 0.25) is 0 Å². The van der Waals surface area contributed by atoms with Gasteiger partial charge in [0.15, 0.2) is 6.61 Å². The van der Waals surface area contributed by atoms with Crippen LogP contribution in [0.4, 0.5) is 0 Å². The molecule has 1 heterocycles. The maximum Gasteiger partial charge on any atom is 0.258 e. The van der Waals surface area contributed by atoms with Gasteiger partial charge in [-0.2, -0.15) is 5.10 Å². The summed E-state index contributed by atoms with van der Waals surface area (Å²) in [6, 6.07) is 9.19. The Morgan fingerprint density at radius 3 is 2.79 bits per heavy atom. The highest BCUT2D eigenvalue weighted by molar-refractivity contribution is 5.77. The molecule has 100 valence electrons. The van der Waals surface area contributed by atoms with Crippen LogP contribution in [-0.4, -0.2) is 22.3 Å². The number of carbonyl (C=O) groups excluding carboxylic acids is 1. The molecule has 0 aliphatic carbocycles. The highest BCUT2D eigenvalue weighted by Crippen LogP contribution is 2.11. The summed E-state index contributed by atoms with van der Waals surface area (Å²) in [6.07, 6.45) is 3.62. The first-order chi connectivity index (χ1) is 9.15. The van der Waals surface area contributed by atoms with Crippen LogP contribution in [-0.2, 0) is 11.8 Å². The number of aryl methyl sites for hydroxylation is 1. The van der Waals surface area contributed by atoms with E-state index < -0.39 is 0 Å². The van der Waals surface area contributed by atoms with Crippen LogP contribution in [0.15, 0.2) is 42.7 Å². The van der Waals surface area contributed by atoms with Crippen molar-refractivity contribution < 1.29 is 9.53 Å². The van der Waals surface area contributed by atoms with E-state index in [9.17, 15) is 4.79 Å². The van der Waals surface area contributed by atoms with E-state index in [1.807, 2.05) is 50.5 Å². The minimum Gasteiger partial charge on any atom is -0.484 e. The normalized spacial score (nSPS) is 11.9. The SMILES string of the molecule is CC(NC(=O)COc1ccccc1)c1cnn(C)c1. The van der Waals surface area contributed by atoms with E-state index in [0.29, 0.717) is 5.75 Å². The van der Waals surface area contributed by atoms with Gasteiger partial charge < -0.3 is 10.1 Å². The van der Waals surface area contributed by atoms with E-state index in [1.54, 1.807) is 10.9 Å². The van der Waals surface area contributed by atoms with E-state index in [2.05, 4.69) is 10.4 Å². The Morgan fingerprint density at radius 1 is 1.42 bits per heavy atom. The number of benzene rings is 1. The van der Waals surface area contributed by atoms with E-state index in [1.165, 1.54) is 0 Å². The summed E-state index contributed by atoms with van der Waals surface area (Å²) in [5, 5.41) is 6.94. The molecule has 0 bridgehead atoms. The molecule has 19 heavy (non-hydrogen) atoms. The van der Waals surface area contributed by atoms with Crippen molar-refractivity contribution in [3.8, 4) is 5.75 Å². The summed E-state index contributed by atoms with van der Waals surface area (Å²) in [7, 11) is 1.84. The molecule has 0 radical (unpaired) electrons. The number of ether oxygens (including phenoxy) is 1. The number of aromatic nitrogens is 2. The molecule has 0 spiro atoms. The van der Waals surface area contributed by atoms with Gasteiger partial charge in [0.1, 0.15) is 5.75 Å². The first-order valence-corrected chi connectivity index (χ1v) is 6.11. The van der Waals surface area contributed by atoms with Crippen LogP contribution in [0, 0.1) is 0 Å². The Hall–Kier alpha value is -2.30. The summed E-state index contributed by atoms with van der Waals surface area (Å²) in [6.45, 7) is 1.92. The van der Waals surface area contributed by atoms with Crippen LogP contribution in [0.1, 0.15) is 18.5 Å². The summed E-state index contributed by atoms with van der Waals surface area (Å²) >= 11 is 0. The lowest BCUT2D eigenvalue weighted by molar-refractivity contribution is -0.123.